The third-order valence-electron chi connectivity index (χ3n) is 3.54. The summed E-state index contributed by atoms with van der Waals surface area (Å²) in [7, 11) is 1.97. The number of nitrogens with two attached hydrogens (primary N) is 1. The van der Waals surface area contributed by atoms with E-state index in [9.17, 15) is 4.39 Å². The lowest BCUT2D eigenvalue weighted by Gasteiger charge is -2.22. The number of aromatic nitrogens is 1. The van der Waals surface area contributed by atoms with Crippen molar-refractivity contribution in [1.82, 2.24) is 4.98 Å². The Balaban J connectivity index is 2.17. The molecule has 0 amide bonds. The summed E-state index contributed by atoms with van der Waals surface area (Å²) in [6.07, 6.45) is 3.51. The van der Waals surface area contributed by atoms with Crippen LogP contribution in [0.3, 0.4) is 0 Å². The van der Waals surface area contributed by atoms with Gasteiger partial charge in [0.05, 0.1) is 0 Å². The molecular formula is C17H22FN3. The fraction of sp³-hybridized carbons (Fsp3) is 0.353. The molecule has 0 saturated carbocycles. The van der Waals surface area contributed by atoms with Crippen molar-refractivity contribution in [1.29, 1.82) is 0 Å². The third-order valence-corrected chi connectivity index (χ3v) is 3.54. The van der Waals surface area contributed by atoms with Crippen LogP contribution in [0.15, 0.2) is 42.6 Å². The second kappa shape index (κ2) is 7.18. The molecule has 1 heterocycles. The van der Waals surface area contributed by atoms with Crippen LogP contribution >= 0.6 is 0 Å². The molecule has 1 aromatic carbocycles. The van der Waals surface area contributed by atoms with Crippen molar-refractivity contribution in [3.05, 3.63) is 59.5 Å². The Bertz CT molecular complexity index is 586. The van der Waals surface area contributed by atoms with E-state index in [1.54, 1.807) is 18.3 Å². The summed E-state index contributed by atoms with van der Waals surface area (Å²) in [5, 5.41) is 0. The summed E-state index contributed by atoms with van der Waals surface area (Å²) in [5.74, 6) is 0.695. The highest BCUT2D eigenvalue weighted by atomic mass is 19.1. The van der Waals surface area contributed by atoms with Crippen molar-refractivity contribution < 1.29 is 4.39 Å². The first-order valence-corrected chi connectivity index (χ1v) is 7.25. The molecule has 21 heavy (non-hydrogen) atoms. The van der Waals surface area contributed by atoms with Crippen molar-refractivity contribution in [2.24, 2.45) is 5.73 Å². The Morgan fingerprint density at radius 3 is 2.81 bits per heavy atom. The molecule has 0 bridgehead atoms. The van der Waals surface area contributed by atoms with Crippen LogP contribution < -0.4 is 10.6 Å². The first-order chi connectivity index (χ1) is 10.1. The SMILES string of the molecule is CCC(N)Cc1cccnc1N(C)Cc1cccc(F)c1. The van der Waals surface area contributed by atoms with E-state index in [1.807, 2.05) is 24.1 Å². The van der Waals surface area contributed by atoms with Gasteiger partial charge in [0, 0.05) is 25.8 Å². The molecule has 0 radical (unpaired) electrons. The minimum Gasteiger partial charge on any atom is -0.355 e. The second-order valence-corrected chi connectivity index (χ2v) is 5.34. The number of benzene rings is 1. The van der Waals surface area contributed by atoms with Crippen LogP contribution in [0.2, 0.25) is 0 Å². The van der Waals surface area contributed by atoms with Gasteiger partial charge in [0.1, 0.15) is 11.6 Å². The van der Waals surface area contributed by atoms with Crippen LogP contribution in [0.4, 0.5) is 10.2 Å². The zero-order valence-corrected chi connectivity index (χ0v) is 12.6. The largest absolute Gasteiger partial charge is 0.355 e. The van der Waals surface area contributed by atoms with Gasteiger partial charge >= 0.3 is 0 Å². The minimum atomic E-state index is -0.213. The van der Waals surface area contributed by atoms with Crippen molar-refractivity contribution in [3.8, 4) is 0 Å². The van der Waals surface area contributed by atoms with Gasteiger partial charge in [-0.15, -0.1) is 0 Å². The quantitative estimate of drug-likeness (QED) is 0.887. The van der Waals surface area contributed by atoms with Gasteiger partial charge < -0.3 is 10.6 Å². The number of hydrogen-bond acceptors (Lipinski definition) is 3. The standard InChI is InChI=1S/C17H22FN3/c1-3-16(19)11-14-7-5-9-20-17(14)21(2)12-13-6-4-8-15(18)10-13/h4-10,16H,3,11-12,19H2,1-2H3. The van der Waals surface area contributed by atoms with E-state index in [-0.39, 0.29) is 11.9 Å². The average Bonchev–Trinajstić information content (AvgIpc) is 2.47. The van der Waals surface area contributed by atoms with Gasteiger partial charge in [0.25, 0.3) is 0 Å². The van der Waals surface area contributed by atoms with Gasteiger partial charge in [-0.1, -0.05) is 25.1 Å². The summed E-state index contributed by atoms with van der Waals surface area (Å²) in [5.41, 5.74) is 8.11. The number of anilines is 1. The highest BCUT2D eigenvalue weighted by molar-refractivity contribution is 5.47. The van der Waals surface area contributed by atoms with E-state index in [1.165, 1.54) is 6.07 Å². The molecule has 1 atom stereocenters. The van der Waals surface area contributed by atoms with Crippen molar-refractivity contribution in [3.63, 3.8) is 0 Å². The molecule has 1 aromatic heterocycles. The van der Waals surface area contributed by atoms with E-state index in [4.69, 9.17) is 5.73 Å². The van der Waals surface area contributed by atoms with E-state index in [0.29, 0.717) is 6.54 Å². The van der Waals surface area contributed by atoms with Crippen LogP contribution in [0.5, 0.6) is 0 Å². The lowest BCUT2D eigenvalue weighted by atomic mass is 10.0. The summed E-state index contributed by atoms with van der Waals surface area (Å²) in [4.78, 5) is 6.50. The molecule has 2 rings (SSSR count). The number of hydrogen-bond donors (Lipinski definition) is 1. The average molecular weight is 287 g/mol. The maximum Gasteiger partial charge on any atom is 0.131 e. The summed E-state index contributed by atoms with van der Waals surface area (Å²) in [6, 6.07) is 10.8. The summed E-state index contributed by atoms with van der Waals surface area (Å²) in [6.45, 7) is 2.69. The summed E-state index contributed by atoms with van der Waals surface area (Å²) < 4.78 is 13.3. The zero-order valence-electron chi connectivity index (χ0n) is 12.6. The van der Waals surface area contributed by atoms with Gasteiger partial charge in [-0.3, -0.25) is 0 Å². The second-order valence-electron chi connectivity index (χ2n) is 5.34. The van der Waals surface area contributed by atoms with Gasteiger partial charge in [0.15, 0.2) is 0 Å². The van der Waals surface area contributed by atoms with E-state index >= 15 is 0 Å². The van der Waals surface area contributed by atoms with Crippen molar-refractivity contribution in [2.75, 3.05) is 11.9 Å². The van der Waals surface area contributed by atoms with Crippen LogP contribution in [0.1, 0.15) is 24.5 Å². The number of rotatable bonds is 6. The van der Waals surface area contributed by atoms with Crippen LogP contribution in [0.25, 0.3) is 0 Å². The van der Waals surface area contributed by atoms with Crippen molar-refractivity contribution in [2.45, 2.75) is 32.4 Å². The molecule has 0 aliphatic carbocycles. The van der Waals surface area contributed by atoms with Crippen molar-refractivity contribution >= 4 is 5.82 Å². The molecule has 112 valence electrons. The Hall–Kier alpha value is -1.94. The van der Waals surface area contributed by atoms with Gasteiger partial charge in [-0.2, -0.15) is 0 Å². The van der Waals surface area contributed by atoms with Gasteiger partial charge in [-0.25, -0.2) is 9.37 Å². The third kappa shape index (κ3) is 4.26. The van der Waals surface area contributed by atoms with E-state index in [0.717, 1.165) is 29.8 Å². The topological polar surface area (TPSA) is 42.1 Å². The lowest BCUT2D eigenvalue weighted by Crippen LogP contribution is -2.25. The molecule has 0 fully saturated rings. The normalized spacial score (nSPS) is 12.2. The molecule has 1 unspecified atom stereocenters. The Morgan fingerprint density at radius 1 is 1.29 bits per heavy atom. The fourth-order valence-electron chi connectivity index (χ4n) is 2.34. The Labute approximate surface area is 125 Å². The monoisotopic (exact) mass is 287 g/mol. The fourth-order valence-corrected chi connectivity index (χ4v) is 2.34. The molecule has 4 heteroatoms. The van der Waals surface area contributed by atoms with E-state index < -0.39 is 0 Å². The molecular weight excluding hydrogens is 265 g/mol. The van der Waals surface area contributed by atoms with Gasteiger partial charge in [-0.05, 0) is 42.2 Å². The Kier molecular flexibility index (Phi) is 5.28. The predicted molar refractivity (Wildman–Crippen MR) is 84.7 cm³/mol. The highest BCUT2D eigenvalue weighted by Crippen LogP contribution is 2.20. The van der Waals surface area contributed by atoms with Crippen LogP contribution in [0, 0.1) is 5.82 Å². The number of pyridine rings is 1. The van der Waals surface area contributed by atoms with Crippen LogP contribution in [-0.4, -0.2) is 18.1 Å². The van der Waals surface area contributed by atoms with E-state index in [2.05, 4.69) is 18.0 Å². The number of halogens is 1. The van der Waals surface area contributed by atoms with Gasteiger partial charge in [0.2, 0.25) is 0 Å². The first kappa shape index (κ1) is 15.4. The molecule has 0 aliphatic rings. The molecule has 0 saturated heterocycles. The molecule has 3 nitrogen and oxygen atoms in total. The predicted octanol–water partition coefficient (Wildman–Crippen LogP) is 3.14. The lowest BCUT2D eigenvalue weighted by molar-refractivity contribution is 0.624. The smallest absolute Gasteiger partial charge is 0.131 e. The Morgan fingerprint density at radius 2 is 2.10 bits per heavy atom. The summed E-state index contributed by atoms with van der Waals surface area (Å²) >= 11 is 0. The molecule has 0 aliphatic heterocycles. The molecule has 0 spiro atoms. The molecule has 2 aromatic rings. The molecule has 2 N–H and O–H groups in total. The first-order valence-electron chi connectivity index (χ1n) is 7.25. The maximum atomic E-state index is 13.3. The maximum absolute atomic E-state index is 13.3. The van der Waals surface area contributed by atoms with Crippen LogP contribution in [-0.2, 0) is 13.0 Å². The highest BCUT2D eigenvalue weighted by Gasteiger charge is 2.12. The number of nitrogens with zero attached hydrogens (tertiary/aromatic N) is 2. The zero-order chi connectivity index (χ0) is 15.2. The minimum absolute atomic E-state index is 0.135.